The van der Waals surface area contributed by atoms with Crippen molar-refractivity contribution in [2.75, 3.05) is 32.6 Å². The lowest BCUT2D eigenvalue weighted by atomic mass is 10.2. The third-order valence-corrected chi connectivity index (χ3v) is 3.48. The Kier molecular flexibility index (Phi) is 4.84. The highest BCUT2D eigenvalue weighted by Crippen LogP contribution is 2.30. The smallest absolute Gasteiger partial charge is 0.238 e. The first kappa shape index (κ1) is 14.7. The standard InChI is InChI=1S/C15H22N2O3/c1-4-17(12-6-7-12)10-15(18)16-11-5-8-13(19-2)14(9-11)20-3/h5,8-9,12H,4,6-7,10H2,1-3H3,(H,16,18). The molecule has 1 saturated carbocycles. The molecule has 2 rings (SSSR count). The molecule has 1 fully saturated rings. The molecule has 1 N–H and O–H groups in total. The van der Waals surface area contributed by atoms with E-state index in [1.54, 1.807) is 26.4 Å². The van der Waals surface area contributed by atoms with Crippen molar-refractivity contribution in [2.24, 2.45) is 0 Å². The van der Waals surface area contributed by atoms with Crippen molar-refractivity contribution in [2.45, 2.75) is 25.8 Å². The summed E-state index contributed by atoms with van der Waals surface area (Å²) in [6, 6.07) is 5.96. The van der Waals surface area contributed by atoms with E-state index in [4.69, 9.17) is 9.47 Å². The largest absolute Gasteiger partial charge is 0.493 e. The van der Waals surface area contributed by atoms with Crippen molar-refractivity contribution in [3.8, 4) is 11.5 Å². The van der Waals surface area contributed by atoms with Gasteiger partial charge in [0.25, 0.3) is 0 Å². The summed E-state index contributed by atoms with van der Waals surface area (Å²) < 4.78 is 10.4. The van der Waals surface area contributed by atoms with Crippen LogP contribution < -0.4 is 14.8 Å². The maximum absolute atomic E-state index is 12.0. The van der Waals surface area contributed by atoms with Crippen LogP contribution in [0.2, 0.25) is 0 Å². The van der Waals surface area contributed by atoms with Crippen LogP contribution in [0.15, 0.2) is 18.2 Å². The number of hydrogen-bond acceptors (Lipinski definition) is 4. The van der Waals surface area contributed by atoms with Crippen LogP contribution in [0.5, 0.6) is 11.5 Å². The molecule has 1 aliphatic carbocycles. The van der Waals surface area contributed by atoms with Gasteiger partial charge in [0, 0.05) is 17.8 Å². The van der Waals surface area contributed by atoms with Crippen LogP contribution in [0.3, 0.4) is 0 Å². The second-order valence-corrected chi connectivity index (χ2v) is 4.91. The summed E-state index contributed by atoms with van der Waals surface area (Å²) in [7, 11) is 3.17. The van der Waals surface area contributed by atoms with Crippen molar-refractivity contribution in [3.63, 3.8) is 0 Å². The number of likely N-dealkylation sites (N-methyl/N-ethyl adjacent to an activating group) is 1. The number of nitrogens with one attached hydrogen (secondary N) is 1. The topological polar surface area (TPSA) is 50.8 Å². The minimum absolute atomic E-state index is 0.00553. The Labute approximate surface area is 119 Å². The van der Waals surface area contributed by atoms with E-state index in [2.05, 4.69) is 17.1 Å². The minimum atomic E-state index is 0.00553. The van der Waals surface area contributed by atoms with E-state index in [1.807, 2.05) is 6.07 Å². The monoisotopic (exact) mass is 278 g/mol. The first-order valence-electron chi connectivity index (χ1n) is 6.93. The molecule has 0 bridgehead atoms. The fourth-order valence-corrected chi connectivity index (χ4v) is 2.24. The van der Waals surface area contributed by atoms with Gasteiger partial charge in [0.15, 0.2) is 11.5 Å². The number of amides is 1. The summed E-state index contributed by atoms with van der Waals surface area (Å²) in [5, 5.41) is 2.90. The lowest BCUT2D eigenvalue weighted by molar-refractivity contribution is -0.117. The van der Waals surface area contributed by atoms with Crippen LogP contribution in [0.4, 0.5) is 5.69 Å². The number of methoxy groups -OCH3 is 2. The molecule has 0 heterocycles. The van der Waals surface area contributed by atoms with E-state index in [0.29, 0.717) is 24.1 Å². The molecule has 1 aromatic rings. The van der Waals surface area contributed by atoms with E-state index in [0.717, 1.165) is 12.2 Å². The predicted octanol–water partition coefficient (Wildman–Crippen LogP) is 2.13. The molecule has 0 aliphatic heterocycles. The van der Waals surface area contributed by atoms with Crippen molar-refractivity contribution in [1.29, 1.82) is 0 Å². The third kappa shape index (κ3) is 3.63. The Balaban J connectivity index is 1.96. The van der Waals surface area contributed by atoms with Gasteiger partial charge in [0.1, 0.15) is 0 Å². The normalized spacial score (nSPS) is 14.2. The molecule has 0 atom stereocenters. The first-order chi connectivity index (χ1) is 9.67. The van der Waals surface area contributed by atoms with Crippen LogP contribution in [0.25, 0.3) is 0 Å². The van der Waals surface area contributed by atoms with Crippen molar-refractivity contribution < 1.29 is 14.3 Å². The number of ether oxygens (including phenoxy) is 2. The molecule has 1 aromatic carbocycles. The van der Waals surface area contributed by atoms with Gasteiger partial charge >= 0.3 is 0 Å². The summed E-state index contributed by atoms with van der Waals surface area (Å²) in [5.74, 6) is 1.27. The number of anilines is 1. The molecule has 20 heavy (non-hydrogen) atoms. The van der Waals surface area contributed by atoms with Gasteiger partial charge in [0.2, 0.25) is 5.91 Å². The number of carbonyl (C=O) groups is 1. The van der Waals surface area contributed by atoms with Crippen molar-refractivity contribution >= 4 is 11.6 Å². The highest BCUT2D eigenvalue weighted by molar-refractivity contribution is 5.92. The molecule has 0 spiro atoms. The fraction of sp³-hybridized carbons (Fsp3) is 0.533. The summed E-state index contributed by atoms with van der Waals surface area (Å²) >= 11 is 0. The van der Waals surface area contributed by atoms with E-state index >= 15 is 0 Å². The Morgan fingerprint density at radius 3 is 2.55 bits per heavy atom. The molecule has 0 unspecified atom stereocenters. The van der Waals surface area contributed by atoms with Crippen molar-refractivity contribution in [3.05, 3.63) is 18.2 Å². The van der Waals surface area contributed by atoms with Gasteiger partial charge in [-0.05, 0) is 31.5 Å². The van der Waals surface area contributed by atoms with E-state index in [1.165, 1.54) is 12.8 Å². The molecule has 0 saturated heterocycles. The van der Waals surface area contributed by atoms with E-state index in [-0.39, 0.29) is 5.91 Å². The molecule has 5 heteroatoms. The number of benzene rings is 1. The molecular weight excluding hydrogens is 256 g/mol. The Bertz CT molecular complexity index is 472. The molecule has 0 radical (unpaired) electrons. The number of rotatable bonds is 7. The van der Waals surface area contributed by atoms with E-state index in [9.17, 15) is 4.79 Å². The van der Waals surface area contributed by atoms with Crippen LogP contribution in [-0.2, 0) is 4.79 Å². The summed E-state index contributed by atoms with van der Waals surface area (Å²) in [6.07, 6.45) is 2.41. The van der Waals surface area contributed by atoms with Gasteiger partial charge in [-0.25, -0.2) is 0 Å². The van der Waals surface area contributed by atoms with Crippen LogP contribution in [0.1, 0.15) is 19.8 Å². The maximum atomic E-state index is 12.0. The number of carbonyl (C=O) groups excluding carboxylic acids is 1. The second-order valence-electron chi connectivity index (χ2n) is 4.91. The van der Waals surface area contributed by atoms with Crippen LogP contribution in [-0.4, -0.2) is 44.2 Å². The Hall–Kier alpha value is -1.75. The van der Waals surface area contributed by atoms with Crippen molar-refractivity contribution in [1.82, 2.24) is 4.90 Å². The third-order valence-electron chi connectivity index (χ3n) is 3.48. The SMILES string of the molecule is CCN(CC(=O)Nc1ccc(OC)c(OC)c1)C1CC1. The fourth-order valence-electron chi connectivity index (χ4n) is 2.24. The zero-order valence-corrected chi connectivity index (χ0v) is 12.3. The van der Waals surface area contributed by atoms with Gasteiger partial charge in [0.05, 0.1) is 20.8 Å². The molecule has 1 aliphatic rings. The lowest BCUT2D eigenvalue weighted by Gasteiger charge is -2.19. The molecule has 1 amide bonds. The molecule has 0 aromatic heterocycles. The first-order valence-corrected chi connectivity index (χ1v) is 6.93. The maximum Gasteiger partial charge on any atom is 0.238 e. The molecule has 110 valence electrons. The van der Waals surface area contributed by atoms with Gasteiger partial charge in [-0.2, -0.15) is 0 Å². The summed E-state index contributed by atoms with van der Waals surface area (Å²) in [6.45, 7) is 3.43. The van der Waals surface area contributed by atoms with Gasteiger partial charge in [-0.3, -0.25) is 9.69 Å². The van der Waals surface area contributed by atoms with Gasteiger partial charge in [-0.1, -0.05) is 6.92 Å². The van der Waals surface area contributed by atoms with Gasteiger partial charge in [-0.15, -0.1) is 0 Å². The molecular formula is C15H22N2O3. The average Bonchev–Trinajstić information content (AvgIpc) is 3.29. The Morgan fingerprint density at radius 1 is 1.30 bits per heavy atom. The zero-order chi connectivity index (χ0) is 14.5. The lowest BCUT2D eigenvalue weighted by Crippen LogP contribution is -2.34. The highest BCUT2D eigenvalue weighted by atomic mass is 16.5. The molecule has 5 nitrogen and oxygen atoms in total. The predicted molar refractivity (Wildman–Crippen MR) is 78.4 cm³/mol. The number of nitrogens with zero attached hydrogens (tertiary/aromatic N) is 1. The highest BCUT2D eigenvalue weighted by Gasteiger charge is 2.28. The summed E-state index contributed by atoms with van der Waals surface area (Å²) in [4.78, 5) is 14.2. The Morgan fingerprint density at radius 2 is 2.00 bits per heavy atom. The van der Waals surface area contributed by atoms with Gasteiger partial charge < -0.3 is 14.8 Å². The number of hydrogen-bond donors (Lipinski definition) is 1. The van der Waals surface area contributed by atoms with Crippen LogP contribution >= 0.6 is 0 Å². The average molecular weight is 278 g/mol. The summed E-state index contributed by atoms with van der Waals surface area (Å²) in [5.41, 5.74) is 0.722. The quantitative estimate of drug-likeness (QED) is 0.830. The second kappa shape index (κ2) is 6.61. The minimum Gasteiger partial charge on any atom is -0.493 e. The van der Waals surface area contributed by atoms with Crippen LogP contribution in [0, 0.1) is 0 Å². The zero-order valence-electron chi connectivity index (χ0n) is 12.3. The van der Waals surface area contributed by atoms with E-state index < -0.39 is 0 Å².